The first-order valence-corrected chi connectivity index (χ1v) is 9.00. The molecule has 2 amide bonds. The van der Waals surface area contributed by atoms with Crippen molar-refractivity contribution in [1.82, 2.24) is 20.2 Å². The van der Waals surface area contributed by atoms with Crippen molar-refractivity contribution in [2.45, 2.75) is 56.7 Å². The molecule has 0 radical (unpaired) electrons. The number of H-pyrrole nitrogens is 1. The molecule has 1 saturated carbocycles. The minimum Gasteiger partial charge on any atom is -0.393 e. The number of nitrogens with one attached hydrogen (secondary N) is 2. The molecule has 0 spiro atoms. The van der Waals surface area contributed by atoms with Gasteiger partial charge in [0.15, 0.2) is 0 Å². The number of aromatic amines is 1. The fraction of sp³-hybridized carbons (Fsp3) is 0.556. The summed E-state index contributed by atoms with van der Waals surface area (Å²) in [4.78, 5) is 22.2. The van der Waals surface area contributed by atoms with Gasteiger partial charge < -0.3 is 20.3 Å². The molecule has 7 heteroatoms. The number of aliphatic hydroxyl groups is 1. The number of rotatable bonds is 2. The maximum atomic E-state index is 13.4. The van der Waals surface area contributed by atoms with Crippen LogP contribution in [0.2, 0.25) is 0 Å². The zero-order valence-electron chi connectivity index (χ0n) is 14.0. The highest BCUT2D eigenvalue weighted by Crippen LogP contribution is 2.32. The number of amides is 2. The number of benzene rings is 1. The Kier molecular flexibility index (Phi) is 4.33. The van der Waals surface area contributed by atoms with E-state index in [1.807, 2.05) is 4.90 Å². The highest BCUT2D eigenvalue weighted by Gasteiger charge is 2.33. The van der Waals surface area contributed by atoms with Crippen LogP contribution in [-0.2, 0) is 0 Å². The van der Waals surface area contributed by atoms with Crippen molar-refractivity contribution in [3.8, 4) is 0 Å². The summed E-state index contributed by atoms with van der Waals surface area (Å²) < 4.78 is 13.4. The van der Waals surface area contributed by atoms with E-state index in [1.165, 1.54) is 12.1 Å². The summed E-state index contributed by atoms with van der Waals surface area (Å²) in [6.45, 7) is 0.692. The van der Waals surface area contributed by atoms with Crippen molar-refractivity contribution in [3.63, 3.8) is 0 Å². The molecule has 2 fully saturated rings. The maximum absolute atomic E-state index is 13.4. The number of hydrogen-bond donors (Lipinski definition) is 3. The van der Waals surface area contributed by atoms with Gasteiger partial charge in [-0.3, -0.25) is 0 Å². The molecule has 1 saturated heterocycles. The van der Waals surface area contributed by atoms with Crippen LogP contribution in [0.3, 0.4) is 0 Å². The predicted molar refractivity (Wildman–Crippen MR) is 91.5 cm³/mol. The largest absolute Gasteiger partial charge is 0.393 e. The molecule has 1 aromatic carbocycles. The lowest BCUT2D eigenvalue weighted by Gasteiger charge is -2.30. The molecule has 0 bridgehead atoms. The fourth-order valence-corrected chi connectivity index (χ4v) is 3.93. The number of aromatic nitrogens is 2. The van der Waals surface area contributed by atoms with Gasteiger partial charge >= 0.3 is 6.03 Å². The second kappa shape index (κ2) is 6.63. The van der Waals surface area contributed by atoms with Crippen LogP contribution in [0.1, 0.15) is 50.4 Å². The van der Waals surface area contributed by atoms with Crippen LogP contribution in [0.5, 0.6) is 0 Å². The van der Waals surface area contributed by atoms with E-state index in [1.54, 1.807) is 6.07 Å². The second-order valence-corrected chi connectivity index (χ2v) is 7.09. The summed E-state index contributed by atoms with van der Waals surface area (Å²) in [6, 6.07) is 4.42. The van der Waals surface area contributed by atoms with Crippen LogP contribution >= 0.6 is 0 Å². The van der Waals surface area contributed by atoms with Gasteiger partial charge in [-0.25, -0.2) is 14.2 Å². The maximum Gasteiger partial charge on any atom is 0.318 e. The number of fused-ring (bicyclic) bond motifs is 1. The van der Waals surface area contributed by atoms with Crippen LogP contribution < -0.4 is 5.32 Å². The SMILES string of the molecule is O=C(NC1CCC(O)CC1)N1CCCC1c1nc2ccc(F)cc2[nH]1. The van der Waals surface area contributed by atoms with E-state index in [9.17, 15) is 14.3 Å². The van der Waals surface area contributed by atoms with E-state index in [4.69, 9.17) is 0 Å². The van der Waals surface area contributed by atoms with E-state index in [-0.39, 0.29) is 30.0 Å². The van der Waals surface area contributed by atoms with Crippen LogP contribution in [-0.4, -0.2) is 44.7 Å². The van der Waals surface area contributed by atoms with Crippen molar-refractivity contribution in [3.05, 3.63) is 29.8 Å². The fourth-order valence-electron chi connectivity index (χ4n) is 3.93. The average molecular weight is 346 g/mol. The second-order valence-electron chi connectivity index (χ2n) is 7.09. The number of carbonyl (C=O) groups excluding carboxylic acids is 1. The number of aliphatic hydroxyl groups excluding tert-OH is 1. The van der Waals surface area contributed by atoms with E-state index in [0.29, 0.717) is 23.4 Å². The molecular weight excluding hydrogens is 323 g/mol. The Balaban J connectivity index is 1.48. The van der Waals surface area contributed by atoms with Gasteiger partial charge in [-0.2, -0.15) is 0 Å². The van der Waals surface area contributed by atoms with Gasteiger partial charge in [-0.05, 0) is 56.7 Å². The van der Waals surface area contributed by atoms with E-state index in [2.05, 4.69) is 15.3 Å². The van der Waals surface area contributed by atoms with Gasteiger partial charge in [0.1, 0.15) is 11.6 Å². The van der Waals surface area contributed by atoms with Crippen molar-refractivity contribution in [2.75, 3.05) is 6.54 Å². The zero-order chi connectivity index (χ0) is 17.4. The van der Waals surface area contributed by atoms with Crippen molar-refractivity contribution in [2.24, 2.45) is 0 Å². The third-order valence-electron chi connectivity index (χ3n) is 5.32. The normalized spacial score (nSPS) is 27.0. The third kappa shape index (κ3) is 3.33. The van der Waals surface area contributed by atoms with E-state index in [0.717, 1.165) is 38.5 Å². The molecule has 1 aliphatic carbocycles. The van der Waals surface area contributed by atoms with Gasteiger partial charge in [0, 0.05) is 12.6 Å². The zero-order valence-corrected chi connectivity index (χ0v) is 14.0. The number of halogens is 1. The lowest BCUT2D eigenvalue weighted by molar-refractivity contribution is 0.114. The Labute approximate surface area is 145 Å². The molecule has 1 unspecified atom stereocenters. The molecule has 2 aromatic rings. The summed E-state index contributed by atoms with van der Waals surface area (Å²) in [7, 11) is 0. The first kappa shape index (κ1) is 16.3. The topological polar surface area (TPSA) is 81.2 Å². The van der Waals surface area contributed by atoms with E-state index < -0.39 is 0 Å². The molecule has 2 aliphatic rings. The highest BCUT2D eigenvalue weighted by atomic mass is 19.1. The number of likely N-dealkylation sites (tertiary alicyclic amines) is 1. The molecule has 4 rings (SSSR count). The Bertz CT molecular complexity index is 770. The standard InChI is InChI=1S/C18H23FN4O2/c19-11-3-8-14-15(10-11)22-17(21-14)16-2-1-9-23(16)18(25)20-12-4-6-13(24)7-5-12/h3,8,10,12-13,16,24H,1-2,4-7,9H2,(H,20,25)(H,21,22). The Hall–Kier alpha value is -2.15. The van der Waals surface area contributed by atoms with Gasteiger partial charge in [0.2, 0.25) is 0 Å². The lowest BCUT2D eigenvalue weighted by Crippen LogP contribution is -2.46. The Morgan fingerprint density at radius 2 is 2.08 bits per heavy atom. The summed E-state index contributed by atoms with van der Waals surface area (Å²) in [6.07, 6.45) is 4.65. The molecule has 1 atom stereocenters. The van der Waals surface area contributed by atoms with Gasteiger partial charge in [0.05, 0.1) is 23.2 Å². The van der Waals surface area contributed by atoms with Crippen LogP contribution in [0.4, 0.5) is 9.18 Å². The van der Waals surface area contributed by atoms with Crippen molar-refractivity contribution >= 4 is 17.1 Å². The Morgan fingerprint density at radius 1 is 1.28 bits per heavy atom. The monoisotopic (exact) mass is 346 g/mol. The number of urea groups is 1. The lowest BCUT2D eigenvalue weighted by atomic mass is 9.93. The summed E-state index contributed by atoms with van der Waals surface area (Å²) >= 11 is 0. The summed E-state index contributed by atoms with van der Waals surface area (Å²) in [5.74, 6) is 0.413. The molecule has 2 heterocycles. The number of imidazole rings is 1. The van der Waals surface area contributed by atoms with Crippen LogP contribution in [0.15, 0.2) is 18.2 Å². The quantitative estimate of drug-likeness (QED) is 0.782. The molecule has 1 aliphatic heterocycles. The molecule has 134 valence electrons. The molecular formula is C18H23FN4O2. The van der Waals surface area contributed by atoms with Crippen molar-refractivity contribution in [1.29, 1.82) is 0 Å². The highest BCUT2D eigenvalue weighted by molar-refractivity contribution is 5.77. The molecule has 6 nitrogen and oxygen atoms in total. The van der Waals surface area contributed by atoms with Crippen LogP contribution in [0.25, 0.3) is 11.0 Å². The first-order valence-electron chi connectivity index (χ1n) is 9.00. The van der Waals surface area contributed by atoms with Gasteiger partial charge in [0.25, 0.3) is 0 Å². The first-order chi connectivity index (χ1) is 12.1. The number of carbonyl (C=O) groups is 1. The molecule has 3 N–H and O–H groups in total. The minimum atomic E-state index is -0.303. The summed E-state index contributed by atoms with van der Waals surface area (Å²) in [5, 5.41) is 12.7. The minimum absolute atomic E-state index is 0.0736. The van der Waals surface area contributed by atoms with Crippen molar-refractivity contribution < 1.29 is 14.3 Å². The molecule has 25 heavy (non-hydrogen) atoms. The number of nitrogens with zero attached hydrogens (tertiary/aromatic N) is 2. The van der Waals surface area contributed by atoms with Crippen LogP contribution in [0, 0.1) is 5.82 Å². The number of hydrogen-bond acceptors (Lipinski definition) is 3. The average Bonchev–Trinajstić information content (AvgIpc) is 3.22. The predicted octanol–water partition coefficient (Wildman–Crippen LogP) is 2.85. The Morgan fingerprint density at radius 3 is 2.88 bits per heavy atom. The summed E-state index contributed by atoms with van der Waals surface area (Å²) in [5.41, 5.74) is 1.37. The van der Waals surface area contributed by atoms with Gasteiger partial charge in [-0.15, -0.1) is 0 Å². The van der Waals surface area contributed by atoms with E-state index >= 15 is 0 Å². The van der Waals surface area contributed by atoms with Gasteiger partial charge in [-0.1, -0.05) is 0 Å². The molecule has 1 aromatic heterocycles. The smallest absolute Gasteiger partial charge is 0.318 e. The third-order valence-corrected chi connectivity index (χ3v) is 5.32.